The van der Waals surface area contributed by atoms with E-state index in [1.807, 2.05) is 0 Å². The van der Waals surface area contributed by atoms with Gasteiger partial charge in [0.2, 0.25) is 5.76 Å². The zero-order valence-corrected chi connectivity index (χ0v) is 16.3. The van der Waals surface area contributed by atoms with Crippen molar-refractivity contribution >= 4 is 35.6 Å². The minimum atomic E-state index is -0.602. The third-order valence-electron chi connectivity index (χ3n) is 3.73. The molecule has 2 N–H and O–H groups in total. The van der Waals surface area contributed by atoms with Crippen LogP contribution in [0.1, 0.15) is 26.5 Å². The molecule has 2 amide bonds. The molecule has 0 spiro atoms. The van der Waals surface area contributed by atoms with Crippen LogP contribution in [0.3, 0.4) is 0 Å². The van der Waals surface area contributed by atoms with Gasteiger partial charge in [0, 0.05) is 10.6 Å². The third-order valence-corrected chi connectivity index (χ3v) is 3.98. The monoisotopic (exact) mass is 425 g/mol. The number of benzene rings is 2. The van der Waals surface area contributed by atoms with Gasteiger partial charge in [-0.05, 0) is 66.2 Å². The first-order valence-corrected chi connectivity index (χ1v) is 9.10. The van der Waals surface area contributed by atoms with Gasteiger partial charge >= 0.3 is 5.97 Å². The second-order valence-electron chi connectivity index (χ2n) is 5.92. The number of carbonyl (C=O) groups is 3. The fourth-order valence-corrected chi connectivity index (χ4v) is 2.38. The van der Waals surface area contributed by atoms with Crippen LogP contribution in [-0.4, -0.2) is 30.5 Å². The van der Waals surface area contributed by atoms with E-state index in [2.05, 4.69) is 15.8 Å². The number of hydrazone groups is 1. The maximum Gasteiger partial charge on any atom is 0.379 e. The van der Waals surface area contributed by atoms with Crippen LogP contribution in [0, 0.1) is 0 Å². The van der Waals surface area contributed by atoms with Crippen molar-refractivity contribution in [1.29, 1.82) is 0 Å². The van der Waals surface area contributed by atoms with Crippen LogP contribution in [0.4, 0.5) is 0 Å². The Kier molecular flexibility index (Phi) is 6.96. The molecule has 0 atom stereocenters. The fraction of sp³-hybridized carbons (Fsp3) is 0.0476. The second-order valence-corrected chi connectivity index (χ2v) is 6.36. The molecule has 0 aliphatic rings. The third kappa shape index (κ3) is 6.05. The quantitative estimate of drug-likeness (QED) is 0.261. The SMILES string of the molecule is O=C(CNC(=O)c1ccc(Cl)cc1)N/N=C\c1ccc(OC(=O)c2ccco2)cc1. The summed E-state index contributed by atoms with van der Waals surface area (Å²) in [7, 11) is 0. The average Bonchev–Trinajstić information content (AvgIpc) is 3.29. The van der Waals surface area contributed by atoms with Crippen LogP contribution in [0.2, 0.25) is 5.02 Å². The van der Waals surface area contributed by atoms with Gasteiger partial charge in [0.1, 0.15) is 5.75 Å². The van der Waals surface area contributed by atoms with Gasteiger partial charge in [-0.3, -0.25) is 9.59 Å². The van der Waals surface area contributed by atoms with Gasteiger partial charge in [-0.25, -0.2) is 10.2 Å². The van der Waals surface area contributed by atoms with Crippen molar-refractivity contribution in [2.45, 2.75) is 0 Å². The largest absolute Gasteiger partial charge is 0.457 e. The lowest BCUT2D eigenvalue weighted by molar-refractivity contribution is -0.120. The molecule has 152 valence electrons. The minimum Gasteiger partial charge on any atom is -0.457 e. The number of halogens is 1. The molecule has 3 aromatic rings. The van der Waals surface area contributed by atoms with Crippen molar-refractivity contribution in [2.75, 3.05) is 6.54 Å². The van der Waals surface area contributed by atoms with E-state index in [0.717, 1.165) is 0 Å². The number of furan rings is 1. The van der Waals surface area contributed by atoms with E-state index in [4.69, 9.17) is 20.8 Å². The van der Waals surface area contributed by atoms with Crippen molar-refractivity contribution in [3.05, 3.63) is 88.8 Å². The Labute approximate surface area is 176 Å². The summed E-state index contributed by atoms with van der Waals surface area (Å²) in [5, 5.41) is 6.82. The molecular formula is C21H16ClN3O5. The van der Waals surface area contributed by atoms with E-state index < -0.39 is 17.8 Å². The minimum absolute atomic E-state index is 0.103. The zero-order valence-electron chi connectivity index (χ0n) is 15.5. The standard InChI is InChI=1S/C21H16ClN3O5/c22-16-7-5-15(6-8-16)20(27)23-13-19(26)25-24-12-14-3-9-17(10-4-14)30-21(28)18-2-1-11-29-18/h1-12H,13H2,(H,23,27)(H,25,26)/b24-12-. The number of hydrogen-bond acceptors (Lipinski definition) is 6. The number of carbonyl (C=O) groups excluding carboxylic acids is 3. The lowest BCUT2D eigenvalue weighted by atomic mass is 10.2. The normalized spacial score (nSPS) is 10.6. The topological polar surface area (TPSA) is 110 Å². The second kappa shape index (κ2) is 10.0. The van der Waals surface area contributed by atoms with Crippen molar-refractivity contribution in [3.63, 3.8) is 0 Å². The molecule has 0 fully saturated rings. The molecule has 0 saturated carbocycles. The molecule has 0 radical (unpaired) electrons. The summed E-state index contributed by atoms with van der Waals surface area (Å²) in [4.78, 5) is 35.5. The molecule has 0 aliphatic carbocycles. The molecule has 30 heavy (non-hydrogen) atoms. The van der Waals surface area contributed by atoms with Crippen LogP contribution in [-0.2, 0) is 4.79 Å². The summed E-state index contributed by atoms with van der Waals surface area (Å²) in [5.74, 6) is -1.05. The number of rotatable bonds is 7. The summed E-state index contributed by atoms with van der Waals surface area (Å²) in [6.45, 7) is -0.236. The number of nitrogens with one attached hydrogen (secondary N) is 2. The van der Waals surface area contributed by atoms with Gasteiger partial charge in [-0.1, -0.05) is 11.6 Å². The summed E-state index contributed by atoms with van der Waals surface area (Å²) < 4.78 is 10.1. The van der Waals surface area contributed by atoms with Gasteiger partial charge in [-0.2, -0.15) is 5.10 Å². The highest BCUT2D eigenvalue weighted by molar-refractivity contribution is 6.30. The fourth-order valence-electron chi connectivity index (χ4n) is 2.26. The highest BCUT2D eigenvalue weighted by Gasteiger charge is 2.11. The summed E-state index contributed by atoms with van der Waals surface area (Å²) in [6.07, 6.45) is 2.80. The van der Waals surface area contributed by atoms with E-state index in [9.17, 15) is 14.4 Å². The zero-order chi connectivity index (χ0) is 21.3. The first-order chi connectivity index (χ1) is 14.5. The molecule has 0 bridgehead atoms. The molecule has 0 unspecified atom stereocenters. The maximum absolute atomic E-state index is 11.9. The molecule has 8 nitrogen and oxygen atoms in total. The number of nitrogens with zero attached hydrogens (tertiary/aromatic N) is 1. The molecule has 9 heteroatoms. The lowest BCUT2D eigenvalue weighted by Gasteiger charge is -2.04. The Morgan fingerprint density at radius 2 is 1.77 bits per heavy atom. The first kappa shape index (κ1) is 20.8. The Bertz CT molecular complexity index is 1050. The Hall–Kier alpha value is -3.91. The van der Waals surface area contributed by atoms with Gasteiger partial charge in [0.25, 0.3) is 11.8 Å². The van der Waals surface area contributed by atoms with Gasteiger partial charge in [-0.15, -0.1) is 0 Å². The highest BCUT2D eigenvalue weighted by atomic mass is 35.5. The van der Waals surface area contributed by atoms with Crippen molar-refractivity contribution in [3.8, 4) is 5.75 Å². The number of amides is 2. The van der Waals surface area contributed by atoms with Gasteiger partial charge in [0.15, 0.2) is 0 Å². The van der Waals surface area contributed by atoms with E-state index in [1.165, 1.54) is 18.5 Å². The lowest BCUT2D eigenvalue weighted by Crippen LogP contribution is -2.34. The van der Waals surface area contributed by atoms with E-state index in [-0.39, 0.29) is 12.3 Å². The van der Waals surface area contributed by atoms with Gasteiger partial charge in [0.05, 0.1) is 19.0 Å². The highest BCUT2D eigenvalue weighted by Crippen LogP contribution is 2.14. The van der Waals surface area contributed by atoms with Crippen LogP contribution in [0.5, 0.6) is 5.75 Å². The summed E-state index contributed by atoms with van der Waals surface area (Å²) in [5.41, 5.74) is 3.37. The molecule has 0 aliphatic heterocycles. The van der Waals surface area contributed by atoms with Crippen LogP contribution in [0.15, 0.2) is 76.4 Å². The number of ether oxygens (including phenoxy) is 1. The molecule has 1 aromatic heterocycles. The van der Waals surface area contributed by atoms with Crippen molar-refractivity contribution < 1.29 is 23.5 Å². The van der Waals surface area contributed by atoms with Gasteiger partial charge < -0.3 is 14.5 Å². The molecule has 3 rings (SSSR count). The first-order valence-electron chi connectivity index (χ1n) is 8.73. The summed E-state index contributed by atoms with van der Waals surface area (Å²) >= 11 is 5.77. The average molecular weight is 426 g/mol. The van der Waals surface area contributed by atoms with Crippen LogP contribution >= 0.6 is 11.6 Å². The van der Waals surface area contributed by atoms with E-state index >= 15 is 0 Å². The Morgan fingerprint density at radius 3 is 2.43 bits per heavy atom. The predicted molar refractivity (Wildman–Crippen MR) is 110 cm³/mol. The van der Waals surface area contributed by atoms with Crippen LogP contribution < -0.4 is 15.5 Å². The van der Waals surface area contributed by atoms with Crippen molar-refractivity contribution in [1.82, 2.24) is 10.7 Å². The maximum atomic E-state index is 11.9. The number of hydrogen-bond donors (Lipinski definition) is 2. The molecule has 2 aromatic carbocycles. The smallest absolute Gasteiger partial charge is 0.379 e. The van der Waals surface area contributed by atoms with E-state index in [1.54, 1.807) is 54.6 Å². The summed E-state index contributed by atoms with van der Waals surface area (Å²) in [6, 6.07) is 15.9. The Balaban J connectivity index is 1.43. The molecule has 1 heterocycles. The Morgan fingerprint density at radius 1 is 1.03 bits per heavy atom. The molecular weight excluding hydrogens is 410 g/mol. The van der Waals surface area contributed by atoms with Crippen molar-refractivity contribution in [2.24, 2.45) is 5.10 Å². The number of esters is 1. The predicted octanol–water partition coefficient (Wildman–Crippen LogP) is 3.03. The van der Waals surface area contributed by atoms with E-state index in [0.29, 0.717) is 21.9 Å². The van der Waals surface area contributed by atoms with Crippen LogP contribution in [0.25, 0.3) is 0 Å². The molecule has 0 saturated heterocycles.